The number of carbonyl (C=O) groups is 2. The number of amides is 2. The van der Waals surface area contributed by atoms with Gasteiger partial charge in [0.1, 0.15) is 11.6 Å². The van der Waals surface area contributed by atoms with Gasteiger partial charge in [-0.05, 0) is 42.8 Å². The number of rotatable bonds is 2. The van der Waals surface area contributed by atoms with Crippen LogP contribution in [0.15, 0.2) is 30.3 Å². The first-order valence-electron chi connectivity index (χ1n) is 7.06. The summed E-state index contributed by atoms with van der Waals surface area (Å²) in [5.74, 6) is -1.26. The molecule has 0 bridgehead atoms. The summed E-state index contributed by atoms with van der Waals surface area (Å²) in [5, 5.41) is 5.37. The predicted molar refractivity (Wildman–Crippen MR) is 96.2 cm³/mol. The predicted octanol–water partition coefficient (Wildman–Crippen LogP) is 5.18. The minimum absolute atomic E-state index is 0.199. The lowest BCUT2D eigenvalue weighted by atomic mass is 10.2. The minimum Gasteiger partial charge on any atom is -0.325 e. The summed E-state index contributed by atoms with van der Waals surface area (Å²) in [4.78, 5) is 21.3. The van der Waals surface area contributed by atoms with Crippen LogP contribution in [0, 0.1) is 18.6 Å². The van der Waals surface area contributed by atoms with Crippen molar-refractivity contribution in [1.29, 1.82) is 0 Å². The molecule has 0 saturated heterocycles. The zero-order chi connectivity index (χ0) is 19.1. The Balaban J connectivity index is 0.000000251. The van der Waals surface area contributed by atoms with Crippen LogP contribution in [0.2, 0.25) is 10.0 Å². The largest absolute Gasteiger partial charge is 0.325 e. The number of hydrogen-bond donors (Lipinski definition) is 2. The van der Waals surface area contributed by atoms with Crippen molar-refractivity contribution in [3.63, 3.8) is 0 Å². The van der Waals surface area contributed by atoms with Crippen molar-refractivity contribution in [3.8, 4) is 0 Å². The molecule has 134 valence electrons. The zero-order valence-electron chi connectivity index (χ0n) is 13.7. The van der Waals surface area contributed by atoms with Crippen LogP contribution < -0.4 is 10.6 Å². The molecule has 0 aliphatic carbocycles. The molecule has 2 rings (SSSR count). The first-order chi connectivity index (χ1) is 11.6. The van der Waals surface area contributed by atoms with Gasteiger partial charge >= 0.3 is 0 Å². The monoisotopic (exact) mass is 388 g/mol. The number of nitrogens with one attached hydrogen (secondary N) is 2. The molecule has 0 saturated carbocycles. The fourth-order valence-corrected chi connectivity index (χ4v) is 2.14. The fourth-order valence-electron chi connectivity index (χ4n) is 1.72. The molecule has 0 aromatic heterocycles. The van der Waals surface area contributed by atoms with E-state index in [0.717, 1.165) is 6.07 Å². The molecule has 8 heteroatoms. The molecule has 0 unspecified atom stereocenters. The van der Waals surface area contributed by atoms with Gasteiger partial charge in [-0.2, -0.15) is 0 Å². The number of halogens is 4. The van der Waals surface area contributed by atoms with Gasteiger partial charge in [-0.25, -0.2) is 8.78 Å². The third-order valence-electron chi connectivity index (χ3n) is 2.80. The summed E-state index contributed by atoms with van der Waals surface area (Å²) in [6, 6.07) is 6.48. The number of aryl methyl sites for hydroxylation is 1. The topological polar surface area (TPSA) is 58.2 Å². The van der Waals surface area contributed by atoms with Gasteiger partial charge in [0, 0.05) is 13.8 Å². The Morgan fingerprint density at radius 2 is 1.40 bits per heavy atom. The Morgan fingerprint density at radius 1 is 0.880 bits per heavy atom. The van der Waals surface area contributed by atoms with Gasteiger partial charge in [0.15, 0.2) is 0 Å². The molecular weight excluding hydrogens is 373 g/mol. The van der Waals surface area contributed by atoms with Gasteiger partial charge in [0.2, 0.25) is 11.8 Å². The average molecular weight is 389 g/mol. The van der Waals surface area contributed by atoms with E-state index in [4.69, 9.17) is 23.2 Å². The Labute approximate surface area is 154 Å². The van der Waals surface area contributed by atoms with Crippen LogP contribution in [0.3, 0.4) is 0 Å². The second-order valence-electron chi connectivity index (χ2n) is 5.07. The normalized spacial score (nSPS) is 9.72. The van der Waals surface area contributed by atoms with Crippen LogP contribution in [0.4, 0.5) is 20.2 Å². The number of carbonyl (C=O) groups excluding carboxylic acids is 2. The van der Waals surface area contributed by atoms with E-state index in [-0.39, 0.29) is 27.7 Å². The molecule has 0 fully saturated rings. The van der Waals surface area contributed by atoms with Crippen LogP contribution in [0.1, 0.15) is 19.4 Å². The van der Waals surface area contributed by atoms with Crippen LogP contribution in [0.25, 0.3) is 0 Å². The Kier molecular flexibility index (Phi) is 7.80. The SMILES string of the molecule is CC(=O)Nc1cc(C)c(F)cc1Cl.CC(=O)Nc1ccc(F)cc1Cl. The van der Waals surface area contributed by atoms with E-state index in [9.17, 15) is 18.4 Å². The molecule has 2 aromatic carbocycles. The van der Waals surface area contributed by atoms with Crippen molar-refractivity contribution in [2.45, 2.75) is 20.8 Å². The molecule has 2 amide bonds. The van der Waals surface area contributed by atoms with E-state index in [1.54, 1.807) is 6.92 Å². The van der Waals surface area contributed by atoms with Crippen LogP contribution in [0.5, 0.6) is 0 Å². The lowest BCUT2D eigenvalue weighted by molar-refractivity contribution is -0.115. The standard InChI is InChI=1S/C9H9ClFNO.C8H7ClFNO/c1-5-3-9(12-6(2)13)7(10)4-8(5)11;1-5(12)11-8-3-2-6(10)4-7(8)9/h3-4H,1-2H3,(H,12,13);2-4H,1H3,(H,11,12). The summed E-state index contributed by atoms with van der Waals surface area (Å²) in [6.07, 6.45) is 0. The van der Waals surface area contributed by atoms with Gasteiger partial charge < -0.3 is 10.6 Å². The molecule has 2 N–H and O–H groups in total. The second-order valence-corrected chi connectivity index (χ2v) is 5.88. The van der Waals surface area contributed by atoms with E-state index in [1.165, 1.54) is 38.1 Å². The van der Waals surface area contributed by atoms with Crippen molar-refractivity contribution >= 4 is 46.4 Å². The van der Waals surface area contributed by atoms with Crippen LogP contribution in [-0.2, 0) is 9.59 Å². The molecule has 25 heavy (non-hydrogen) atoms. The molecule has 0 aliphatic rings. The number of benzene rings is 2. The maximum absolute atomic E-state index is 12.9. The second kappa shape index (κ2) is 9.34. The summed E-state index contributed by atoms with van der Waals surface area (Å²) >= 11 is 11.3. The van der Waals surface area contributed by atoms with Crippen molar-refractivity contribution in [1.82, 2.24) is 0 Å². The third-order valence-corrected chi connectivity index (χ3v) is 3.43. The quantitative estimate of drug-likeness (QED) is 0.743. The first-order valence-corrected chi connectivity index (χ1v) is 7.81. The summed E-state index contributed by atoms with van der Waals surface area (Å²) in [5.41, 5.74) is 1.31. The van der Waals surface area contributed by atoms with Crippen molar-refractivity contribution in [2.24, 2.45) is 0 Å². The molecule has 0 atom stereocenters. The fraction of sp³-hybridized carbons (Fsp3) is 0.176. The summed E-state index contributed by atoms with van der Waals surface area (Å²) in [6.45, 7) is 4.34. The third kappa shape index (κ3) is 7.07. The van der Waals surface area contributed by atoms with Crippen molar-refractivity contribution < 1.29 is 18.4 Å². The Bertz CT molecular complexity index is 798. The van der Waals surface area contributed by atoms with Gasteiger partial charge in [0.25, 0.3) is 0 Å². The molecular formula is C17H16Cl2F2N2O2. The molecule has 4 nitrogen and oxygen atoms in total. The van der Waals surface area contributed by atoms with Gasteiger partial charge in [0.05, 0.1) is 21.4 Å². The Hall–Kier alpha value is -2.18. The van der Waals surface area contributed by atoms with E-state index < -0.39 is 5.82 Å². The van der Waals surface area contributed by atoms with E-state index in [2.05, 4.69) is 10.6 Å². The zero-order valence-corrected chi connectivity index (χ0v) is 15.2. The molecule has 0 spiro atoms. The maximum Gasteiger partial charge on any atom is 0.221 e. The van der Waals surface area contributed by atoms with Gasteiger partial charge in [-0.15, -0.1) is 0 Å². The van der Waals surface area contributed by atoms with Gasteiger partial charge in [-0.1, -0.05) is 23.2 Å². The average Bonchev–Trinajstić information content (AvgIpc) is 2.48. The molecule has 0 heterocycles. The van der Waals surface area contributed by atoms with E-state index >= 15 is 0 Å². The highest BCUT2D eigenvalue weighted by molar-refractivity contribution is 6.34. The highest BCUT2D eigenvalue weighted by Gasteiger charge is 2.06. The van der Waals surface area contributed by atoms with Crippen molar-refractivity contribution in [2.75, 3.05) is 10.6 Å². The summed E-state index contributed by atoms with van der Waals surface area (Å²) < 4.78 is 25.4. The summed E-state index contributed by atoms with van der Waals surface area (Å²) in [7, 11) is 0. The minimum atomic E-state index is -0.422. The number of anilines is 2. The van der Waals surface area contributed by atoms with Gasteiger partial charge in [-0.3, -0.25) is 9.59 Å². The highest BCUT2D eigenvalue weighted by Crippen LogP contribution is 2.25. The van der Waals surface area contributed by atoms with Crippen LogP contribution in [-0.4, -0.2) is 11.8 Å². The van der Waals surface area contributed by atoms with Crippen LogP contribution >= 0.6 is 23.2 Å². The number of hydrogen-bond acceptors (Lipinski definition) is 2. The smallest absolute Gasteiger partial charge is 0.221 e. The van der Waals surface area contributed by atoms with E-state index in [1.807, 2.05) is 0 Å². The molecule has 2 aromatic rings. The highest BCUT2D eigenvalue weighted by atomic mass is 35.5. The van der Waals surface area contributed by atoms with Crippen molar-refractivity contribution in [3.05, 3.63) is 57.6 Å². The first kappa shape index (κ1) is 20.9. The lowest BCUT2D eigenvalue weighted by Crippen LogP contribution is -2.06. The molecule has 0 aliphatic heterocycles. The molecule has 0 radical (unpaired) electrons. The lowest BCUT2D eigenvalue weighted by Gasteiger charge is -2.06. The Morgan fingerprint density at radius 3 is 1.92 bits per heavy atom. The maximum atomic E-state index is 12.9. The van der Waals surface area contributed by atoms with E-state index in [0.29, 0.717) is 16.9 Å².